The molecule has 1 aromatic heterocycles. The van der Waals surface area contributed by atoms with Gasteiger partial charge in [-0.05, 0) is 53.6 Å². The van der Waals surface area contributed by atoms with Crippen molar-refractivity contribution >= 4 is 50.9 Å². The van der Waals surface area contributed by atoms with Crippen molar-refractivity contribution in [3.05, 3.63) is 81.3 Å². The highest BCUT2D eigenvalue weighted by molar-refractivity contribution is 6.42. The van der Waals surface area contributed by atoms with E-state index in [9.17, 15) is 9.90 Å². The second-order valence-corrected chi connectivity index (χ2v) is 7.14. The molecule has 0 aliphatic heterocycles. The smallest absolute Gasteiger partial charge is 0.249 e. The molecule has 135 valence electrons. The van der Waals surface area contributed by atoms with E-state index in [1.807, 2.05) is 24.3 Å². The van der Waals surface area contributed by atoms with Crippen LogP contribution in [0, 0.1) is 6.07 Å². The zero-order chi connectivity index (χ0) is 19.1. The van der Waals surface area contributed by atoms with Crippen LogP contribution in [0.2, 0.25) is 10.0 Å². The molecule has 4 aromatic rings. The zero-order valence-corrected chi connectivity index (χ0v) is 15.7. The van der Waals surface area contributed by atoms with E-state index in [1.54, 1.807) is 24.3 Å². The minimum absolute atomic E-state index is 0.0938. The lowest BCUT2D eigenvalue weighted by molar-refractivity contribution is 0.100. The number of aliphatic hydroxyl groups is 1. The van der Waals surface area contributed by atoms with Gasteiger partial charge in [0.05, 0.1) is 27.7 Å². The van der Waals surface area contributed by atoms with E-state index in [4.69, 9.17) is 28.9 Å². The largest absolute Gasteiger partial charge is 0.392 e. The predicted octanol–water partition coefficient (Wildman–Crippen LogP) is 4.54. The monoisotopic (exact) mass is 397 g/mol. The number of nitrogens with zero attached hydrogens (tertiary/aromatic N) is 1. The van der Waals surface area contributed by atoms with Gasteiger partial charge >= 0.3 is 0 Å². The Morgan fingerprint density at radius 3 is 2.59 bits per heavy atom. The van der Waals surface area contributed by atoms with E-state index in [-0.39, 0.29) is 6.61 Å². The molecular weight excluding hydrogens is 383 g/mol. The number of benzene rings is 3. The molecule has 0 saturated heterocycles. The number of hydrogen-bond acceptors (Lipinski definition) is 2. The molecule has 0 aliphatic rings. The first-order valence-electron chi connectivity index (χ1n) is 8.29. The first-order valence-corrected chi connectivity index (χ1v) is 9.05. The maximum atomic E-state index is 12.0. The molecule has 0 spiro atoms. The molecule has 0 aliphatic carbocycles. The summed E-state index contributed by atoms with van der Waals surface area (Å²) >= 11 is 12.2. The number of carbonyl (C=O) groups excluding carboxylic acids is 1. The molecule has 3 aromatic carbocycles. The van der Waals surface area contributed by atoms with E-state index in [1.165, 1.54) is 0 Å². The van der Waals surface area contributed by atoms with Crippen LogP contribution >= 0.6 is 23.2 Å². The lowest BCUT2D eigenvalue weighted by Gasteiger charge is -2.09. The molecule has 0 atom stereocenters. The number of fused-ring (bicyclic) bond motifs is 3. The van der Waals surface area contributed by atoms with E-state index in [0.717, 1.165) is 32.9 Å². The number of halogens is 2. The van der Waals surface area contributed by atoms with E-state index in [0.29, 0.717) is 22.2 Å². The third-order valence-corrected chi connectivity index (χ3v) is 5.37. The van der Waals surface area contributed by atoms with Crippen molar-refractivity contribution in [3.63, 3.8) is 0 Å². The maximum absolute atomic E-state index is 12.0. The van der Waals surface area contributed by atoms with Gasteiger partial charge in [0.15, 0.2) is 0 Å². The van der Waals surface area contributed by atoms with Gasteiger partial charge in [-0.15, -0.1) is 0 Å². The SMILES string of the molecule is NC(=O)c1cccc2c1c1[c]cc(CO)cc1n2Cc1ccc(Cl)c(Cl)c1. The van der Waals surface area contributed by atoms with Crippen LogP contribution in [-0.2, 0) is 13.2 Å². The summed E-state index contributed by atoms with van der Waals surface area (Å²) in [6, 6.07) is 17.8. The van der Waals surface area contributed by atoms with Crippen molar-refractivity contribution in [1.82, 2.24) is 4.57 Å². The minimum atomic E-state index is -0.492. The summed E-state index contributed by atoms with van der Waals surface area (Å²) in [5.74, 6) is -0.492. The second kappa shape index (κ2) is 6.89. The van der Waals surface area contributed by atoms with Crippen molar-refractivity contribution < 1.29 is 9.90 Å². The Hall–Kier alpha value is -2.53. The molecule has 0 bridgehead atoms. The van der Waals surface area contributed by atoms with Crippen LogP contribution in [0.25, 0.3) is 21.8 Å². The summed E-state index contributed by atoms with van der Waals surface area (Å²) in [5.41, 5.74) is 9.45. The number of rotatable bonds is 4. The molecule has 4 nitrogen and oxygen atoms in total. The Morgan fingerprint density at radius 2 is 1.89 bits per heavy atom. The fourth-order valence-electron chi connectivity index (χ4n) is 3.39. The van der Waals surface area contributed by atoms with Crippen molar-refractivity contribution in [2.45, 2.75) is 13.2 Å². The first kappa shape index (κ1) is 17.9. The summed E-state index contributed by atoms with van der Waals surface area (Å²) < 4.78 is 2.06. The van der Waals surface area contributed by atoms with E-state index >= 15 is 0 Å². The van der Waals surface area contributed by atoms with Crippen LogP contribution < -0.4 is 5.73 Å². The van der Waals surface area contributed by atoms with Crippen molar-refractivity contribution in [1.29, 1.82) is 0 Å². The average molecular weight is 398 g/mol. The number of aliphatic hydroxyl groups excluding tert-OH is 1. The van der Waals surface area contributed by atoms with Crippen molar-refractivity contribution in [2.24, 2.45) is 5.73 Å². The topological polar surface area (TPSA) is 68.2 Å². The Morgan fingerprint density at radius 1 is 1.07 bits per heavy atom. The van der Waals surface area contributed by atoms with Crippen LogP contribution in [0.15, 0.2) is 48.5 Å². The number of hydrogen-bond donors (Lipinski definition) is 2. The number of primary amides is 1. The van der Waals surface area contributed by atoms with Gasteiger partial charge in [0.25, 0.3) is 0 Å². The summed E-state index contributed by atoms with van der Waals surface area (Å²) in [5, 5.41) is 12.0. The van der Waals surface area contributed by atoms with Gasteiger partial charge in [0, 0.05) is 22.9 Å². The van der Waals surface area contributed by atoms with Crippen molar-refractivity contribution in [2.75, 3.05) is 0 Å². The fraction of sp³-hybridized carbons (Fsp3) is 0.0952. The number of carbonyl (C=O) groups is 1. The molecule has 27 heavy (non-hydrogen) atoms. The maximum Gasteiger partial charge on any atom is 0.249 e. The number of nitrogens with two attached hydrogens (primary N) is 1. The quantitative estimate of drug-likeness (QED) is 0.530. The van der Waals surface area contributed by atoms with Crippen LogP contribution in [-0.4, -0.2) is 15.6 Å². The van der Waals surface area contributed by atoms with Gasteiger partial charge < -0.3 is 15.4 Å². The number of amides is 1. The standard InChI is InChI=1S/C21H15Cl2N2O2/c22-16-7-5-12(8-17(16)23)10-25-18-3-1-2-15(21(24)27)20(18)14-6-4-13(11-26)9-19(14)25/h1-5,7-9,26H,10-11H2,(H2,24,27). The third-order valence-electron chi connectivity index (χ3n) is 4.63. The van der Waals surface area contributed by atoms with Crippen LogP contribution in [0.3, 0.4) is 0 Å². The molecular formula is C21H15Cl2N2O2. The van der Waals surface area contributed by atoms with E-state index in [2.05, 4.69) is 10.6 Å². The average Bonchev–Trinajstić information content (AvgIpc) is 2.97. The molecule has 0 saturated carbocycles. The Balaban J connectivity index is 2.02. The van der Waals surface area contributed by atoms with Gasteiger partial charge in [-0.2, -0.15) is 0 Å². The summed E-state index contributed by atoms with van der Waals surface area (Å²) in [6.07, 6.45) is 0. The van der Waals surface area contributed by atoms with Crippen LogP contribution in [0.4, 0.5) is 0 Å². The fourth-order valence-corrected chi connectivity index (χ4v) is 3.71. The zero-order valence-electron chi connectivity index (χ0n) is 14.2. The van der Waals surface area contributed by atoms with Gasteiger partial charge in [-0.25, -0.2) is 0 Å². The third kappa shape index (κ3) is 3.06. The van der Waals surface area contributed by atoms with Gasteiger partial charge in [0.2, 0.25) is 5.91 Å². The normalized spacial score (nSPS) is 11.4. The molecule has 1 heterocycles. The van der Waals surface area contributed by atoms with Gasteiger partial charge in [-0.3, -0.25) is 4.79 Å². The van der Waals surface area contributed by atoms with Gasteiger partial charge in [0.1, 0.15) is 0 Å². The lowest BCUT2D eigenvalue weighted by atomic mass is 10.0. The van der Waals surface area contributed by atoms with Crippen molar-refractivity contribution in [3.8, 4) is 0 Å². The highest BCUT2D eigenvalue weighted by Gasteiger charge is 2.17. The first-order chi connectivity index (χ1) is 13.0. The minimum Gasteiger partial charge on any atom is -0.392 e. The molecule has 6 heteroatoms. The molecule has 1 amide bonds. The number of aromatic nitrogens is 1. The predicted molar refractivity (Wildman–Crippen MR) is 108 cm³/mol. The summed E-state index contributed by atoms with van der Waals surface area (Å²) in [4.78, 5) is 12.0. The highest BCUT2D eigenvalue weighted by Crippen LogP contribution is 2.33. The Labute approximate surface area is 165 Å². The van der Waals surface area contributed by atoms with Crippen LogP contribution in [0.5, 0.6) is 0 Å². The van der Waals surface area contributed by atoms with Gasteiger partial charge in [-0.1, -0.05) is 35.3 Å². The molecule has 0 unspecified atom stereocenters. The van der Waals surface area contributed by atoms with E-state index < -0.39 is 5.91 Å². The molecule has 1 radical (unpaired) electrons. The molecule has 0 fully saturated rings. The second-order valence-electron chi connectivity index (χ2n) is 6.32. The Kier molecular flexibility index (Phi) is 4.56. The summed E-state index contributed by atoms with van der Waals surface area (Å²) in [7, 11) is 0. The molecule has 4 rings (SSSR count). The van der Waals surface area contributed by atoms with Crippen LogP contribution in [0.1, 0.15) is 21.5 Å². The lowest BCUT2D eigenvalue weighted by Crippen LogP contribution is -2.11. The highest BCUT2D eigenvalue weighted by atomic mass is 35.5. The molecule has 3 N–H and O–H groups in total. The summed E-state index contributed by atoms with van der Waals surface area (Å²) in [6.45, 7) is 0.422. The Bertz CT molecular complexity index is 1200.